The van der Waals surface area contributed by atoms with E-state index in [2.05, 4.69) is 65.0 Å². The van der Waals surface area contributed by atoms with Crippen LogP contribution in [0.5, 0.6) is 0 Å². The van der Waals surface area contributed by atoms with Gasteiger partial charge < -0.3 is 0 Å². The molecule has 2 aliphatic carbocycles. The summed E-state index contributed by atoms with van der Waals surface area (Å²) in [6, 6.07) is 6.70. The molecule has 0 heterocycles. The Labute approximate surface area is 157 Å². The topological polar surface area (TPSA) is 0 Å². The minimum Gasteiger partial charge on any atom is -0.206 e. The number of aryl methyl sites for hydroxylation is 2. The van der Waals surface area contributed by atoms with Gasteiger partial charge in [0.15, 0.2) is 0 Å². The fraction of sp³-hybridized carbons (Fsp3) is 0.440. The van der Waals surface area contributed by atoms with Crippen LogP contribution in [0.1, 0.15) is 85.0 Å². The highest BCUT2D eigenvalue weighted by Crippen LogP contribution is 2.50. The zero-order chi connectivity index (χ0) is 18.9. The first-order valence-electron chi connectivity index (χ1n) is 9.86. The zero-order valence-corrected chi connectivity index (χ0v) is 16.9. The molecule has 0 nitrogen and oxygen atoms in total. The van der Waals surface area contributed by atoms with Gasteiger partial charge in [-0.05, 0) is 65.6 Å². The first-order valence-corrected chi connectivity index (χ1v) is 9.86. The molecule has 2 aromatic carbocycles. The minimum atomic E-state index is -0.103. The molecule has 2 aromatic rings. The van der Waals surface area contributed by atoms with E-state index < -0.39 is 0 Å². The highest BCUT2D eigenvalue weighted by Gasteiger charge is 2.40. The molecule has 2 aliphatic rings. The summed E-state index contributed by atoms with van der Waals surface area (Å²) in [5.41, 5.74) is 9.58. The standard InChI is InChI=1S/C25H29F/c1-7-11-25(6)12-10-17-18-14-19-20(25)9-8-15(2)22(19)24(4,5)21(18)13-16(3)23(17)26/h8-10,12-13H,7,11,14H2,1-6H3/b12-10-. The molecule has 0 amide bonds. The maximum atomic E-state index is 15.1. The SMILES string of the molecule is CCCC1(C)/C=C\c2c(F)c(C)cc3c2Cc2c1ccc(C)c2C3(C)C. The predicted octanol–water partition coefficient (Wildman–Crippen LogP) is 6.76. The summed E-state index contributed by atoms with van der Waals surface area (Å²) in [6.45, 7) is 13.3. The molecule has 0 fully saturated rings. The summed E-state index contributed by atoms with van der Waals surface area (Å²) in [4.78, 5) is 0. The second-order valence-corrected chi connectivity index (χ2v) is 9.03. The maximum absolute atomic E-state index is 15.1. The van der Waals surface area contributed by atoms with E-state index in [1.807, 2.05) is 6.92 Å². The van der Waals surface area contributed by atoms with E-state index >= 15 is 4.39 Å². The molecule has 0 saturated heterocycles. The summed E-state index contributed by atoms with van der Waals surface area (Å²) >= 11 is 0. The molecule has 26 heavy (non-hydrogen) atoms. The zero-order valence-electron chi connectivity index (χ0n) is 16.9. The predicted molar refractivity (Wildman–Crippen MR) is 109 cm³/mol. The number of hydrogen-bond donors (Lipinski definition) is 0. The highest BCUT2D eigenvalue weighted by atomic mass is 19.1. The summed E-state index contributed by atoms with van der Waals surface area (Å²) in [5, 5.41) is 0. The Kier molecular flexibility index (Phi) is 3.74. The van der Waals surface area contributed by atoms with Gasteiger partial charge in [-0.3, -0.25) is 0 Å². The Balaban J connectivity index is 2.18. The van der Waals surface area contributed by atoms with Gasteiger partial charge >= 0.3 is 0 Å². The van der Waals surface area contributed by atoms with E-state index in [9.17, 15) is 0 Å². The third-order valence-corrected chi connectivity index (χ3v) is 6.77. The second kappa shape index (κ2) is 5.55. The molecule has 0 radical (unpaired) electrons. The molecule has 2 bridgehead atoms. The smallest absolute Gasteiger partial charge is 0.133 e. The van der Waals surface area contributed by atoms with E-state index in [0.717, 1.165) is 30.4 Å². The van der Waals surface area contributed by atoms with Crippen LogP contribution in [0.25, 0.3) is 6.08 Å². The summed E-state index contributed by atoms with van der Waals surface area (Å²) < 4.78 is 15.1. The van der Waals surface area contributed by atoms with E-state index in [4.69, 9.17) is 0 Å². The van der Waals surface area contributed by atoms with Crippen LogP contribution in [-0.2, 0) is 17.3 Å². The molecular formula is C25H29F. The van der Waals surface area contributed by atoms with Gasteiger partial charge in [-0.15, -0.1) is 0 Å². The average molecular weight is 349 g/mol. The molecule has 1 atom stereocenters. The fourth-order valence-electron chi connectivity index (χ4n) is 5.54. The van der Waals surface area contributed by atoms with Crippen LogP contribution in [0.4, 0.5) is 4.39 Å². The number of halogens is 1. The molecule has 0 saturated carbocycles. The lowest BCUT2D eigenvalue weighted by Crippen LogP contribution is -2.33. The van der Waals surface area contributed by atoms with E-state index in [-0.39, 0.29) is 16.6 Å². The molecule has 0 spiro atoms. The first-order chi connectivity index (χ1) is 12.2. The molecule has 0 aliphatic heterocycles. The largest absolute Gasteiger partial charge is 0.206 e. The quantitative estimate of drug-likeness (QED) is 0.562. The lowest BCUT2D eigenvalue weighted by molar-refractivity contribution is 0.515. The Morgan fingerprint density at radius 3 is 2.42 bits per heavy atom. The van der Waals surface area contributed by atoms with Gasteiger partial charge in [0.05, 0.1) is 0 Å². The molecule has 4 rings (SSSR count). The Bertz CT molecular complexity index is 945. The van der Waals surface area contributed by atoms with Gasteiger partial charge in [-0.2, -0.15) is 0 Å². The normalized spacial score (nSPS) is 23.3. The molecule has 136 valence electrons. The second-order valence-electron chi connectivity index (χ2n) is 9.03. The van der Waals surface area contributed by atoms with Crippen LogP contribution >= 0.6 is 0 Å². The van der Waals surface area contributed by atoms with Gasteiger partial charge in [0.25, 0.3) is 0 Å². The van der Waals surface area contributed by atoms with Crippen molar-refractivity contribution in [2.75, 3.05) is 0 Å². The summed E-state index contributed by atoms with van der Waals surface area (Å²) in [5.74, 6) is -0.0470. The first kappa shape index (κ1) is 17.5. The van der Waals surface area contributed by atoms with Crippen molar-refractivity contribution in [3.8, 4) is 0 Å². The van der Waals surface area contributed by atoms with Gasteiger partial charge in [-0.1, -0.05) is 64.5 Å². The van der Waals surface area contributed by atoms with Crippen LogP contribution in [0, 0.1) is 19.7 Å². The lowest BCUT2D eigenvalue weighted by Gasteiger charge is -2.42. The van der Waals surface area contributed by atoms with Crippen LogP contribution in [-0.4, -0.2) is 0 Å². The van der Waals surface area contributed by atoms with Crippen molar-refractivity contribution in [3.05, 3.63) is 74.6 Å². The number of rotatable bonds is 2. The Morgan fingerprint density at radius 1 is 1.00 bits per heavy atom. The van der Waals surface area contributed by atoms with Crippen LogP contribution in [0.2, 0.25) is 0 Å². The van der Waals surface area contributed by atoms with Gasteiger partial charge in [0.1, 0.15) is 5.82 Å². The Morgan fingerprint density at radius 2 is 1.73 bits per heavy atom. The Hall–Kier alpha value is -1.89. The number of benzene rings is 2. The highest BCUT2D eigenvalue weighted by molar-refractivity contribution is 5.69. The van der Waals surface area contributed by atoms with Gasteiger partial charge in [-0.25, -0.2) is 4.39 Å². The molecular weight excluding hydrogens is 319 g/mol. The van der Waals surface area contributed by atoms with Crippen molar-refractivity contribution >= 4 is 6.08 Å². The van der Waals surface area contributed by atoms with Crippen molar-refractivity contribution in [2.24, 2.45) is 0 Å². The van der Waals surface area contributed by atoms with Crippen LogP contribution in [0.3, 0.4) is 0 Å². The third-order valence-electron chi connectivity index (χ3n) is 6.77. The average Bonchev–Trinajstić information content (AvgIpc) is 2.55. The maximum Gasteiger partial charge on any atom is 0.133 e. The van der Waals surface area contributed by atoms with E-state index in [1.54, 1.807) is 0 Å². The molecule has 1 unspecified atom stereocenters. The fourth-order valence-corrected chi connectivity index (χ4v) is 5.54. The van der Waals surface area contributed by atoms with Crippen molar-refractivity contribution in [2.45, 2.75) is 71.6 Å². The summed E-state index contributed by atoms with van der Waals surface area (Å²) in [7, 11) is 0. The molecule has 1 heteroatoms. The summed E-state index contributed by atoms with van der Waals surface area (Å²) in [6.07, 6.45) is 7.37. The van der Waals surface area contributed by atoms with Gasteiger partial charge in [0.2, 0.25) is 0 Å². The van der Waals surface area contributed by atoms with Crippen molar-refractivity contribution in [1.82, 2.24) is 0 Å². The van der Waals surface area contributed by atoms with E-state index in [0.29, 0.717) is 0 Å². The number of hydrogen-bond acceptors (Lipinski definition) is 0. The van der Waals surface area contributed by atoms with Crippen LogP contribution in [0.15, 0.2) is 24.3 Å². The van der Waals surface area contributed by atoms with Gasteiger partial charge in [0, 0.05) is 16.4 Å². The van der Waals surface area contributed by atoms with E-state index in [1.165, 1.54) is 33.4 Å². The van der Waals surface area contributed by atoms with Crippen molar-refractivity contribution in [1.29, 1.82) is 0 Å². The van der Waals surface area contributed by atoms with Crippen LogP contribution < -0.4 is 0 Å². The monoisotopic (exact) mass is 348 g/mol. The molecule has 0 N–H and O–H groups in total. The lowest BCUT2D eigenvalue weighted by atomic mass is 9.61. The molecule has 0 aromatic heterocycles. The number of allylic oxidation sites excluding steroid dienone is 1. The third kappa shape index (κ3) is 2.19. The van der Waals surface area contributed by atoms with Crippen molar-refractivity contribution < 1.29 is 4.39 Å². The minimum absolute atomic E-state index is 0.0470. The van der Waals surface area contributed by atoms with Crippen molar-refractivity contribution in [3.63, 3.8) is 0 Å².